The van der Waals surface area contributed by atoms with Crippen LogP contribution in [0.25, 0.3) is 0 Å². The number of carbonyl (C=O) groups excluding carboxylic acids is 1. The van der Waals surface area contributed by atoms with Crippen molar-refractivity contribution in [3.63, 3.8) is 0 Å². The molecular formula is C17H30N2O. The predicted molar refractivity (Wildman–Crippen MR) is 81.1 cm³/mol. The fourth-order valence-electron chi connectivity index (χ4n) is 5.60. The van der Waals surface area contributed by atoms with E-state index in [1.807, 2.05) is 25.8 Å². The van der Waals surface area contributed by atoms with Crippen LogP contribution >= 0.6 is 0 Å². The number of rotatable bonds is 4. The van der Waals surface area contributed by atoms with Gasteiger partial charge in [-0.3, -0.25) is 4.79 Å². The summed E-state index contributed by atoms with van der Waals surface area (Å²) < 4.78 is 0. The van der Waals surface area contributed by atoms with Crippen LogP contribution in [0.4, 0.5) is 0 Å². The molecule has 20 heavy (non-hydrogen) atoms. The van der Waals surface area contributed by atoms with E-state index in [9.17, 15) is 4.79 Å². The zero-order valence-corrected chi connectivity index (χ0v) is 13.3. The lowest BCUT2D eigenvalue weighted by Crippen LogP contribution is -2.54. The highest BCUT2D eigenvalue weighted by Gasteiger charge is 2.51. The van der Waals surface area contributed by atoms with Gasteiger partial charge in [0.25, 0.3) is 0 Å². The molecule has 3 heteroatoms. The zero-order valence-electron chi connectivity index (χ0n) is 13.3. The first-order valence-corrected chi connectivity index (χ1v) is 8.39. The van der Waals surface area contributed by atoms with E-state index in [1.165, 1.54) is 38.5 Å². The fraction of sp³-hybridized carbons (Fsp3) is 0.941. The molecule has 1 amide bonds. The Morgan fingerprint density at radius 1 is 1.15 bits per heavy atom. The number of hydrogen-bond acceptors (Lipinski definition) is 2. The lowest BCUT2D eigenvalue weighted by Gasteiger charge is -2.57. The van der Waals surface area contributed by atoms with Crippen molar-refractivity contribution < 1.29 is 4.79 Å². The summed E-state index contributed by atoms with van der Waals surface area (Å²) in [6, 6.07) is -0.339. The molecule has 4 aliphatic rings. The van der Waals surface area contributed by atoms with E-state index in [2.05, 4.69) is 0 Å². The van der Waals surface area contributed by atoms with Crippen molar-refractivity contribution in [1.29, 1.82) is 0 Å². The molecule has 4 saturated carbocycles. The van der Waals surface area contributed by atoms with E-state index >= 15 is 0 Å². The quantitative estimate of drug-likeness (QED) is 0.859. The molecule has 4 aliphatic carbocycles. The van der Waals surface area contributed by atoms with Gasteiger partial charge in [-0.25, -0.2) is 0 Å². The molecule has 4 rings (SSSR count). The van der Waals surface area contributed by atoms with Crippen LogP contribution in [0.5, 0.6) is 0 Å². The van der Waals surface area contributed by atoms with Gasteiger partial charge < -0.3 is 10.6 Å². The van der Waals surface area contributed by atoms with Gasteiger partial charge in [0.15, 0.2) is 0 Å². The van der Waals surface area contributed by atoms with Crippen LogP contribution in [0.1, 0.15) is 52.4 Å². The van der Waals surface area contributed by atoms with Crippen LogP contribution < -0.4 is 5.73 Å². The average molecular weight is 278 g/mol. The molecule has 0 heterocycles. The summed E-state index contributed by atoms with van der Waals surface area (Å²) in [5, 5.41) is 0. The molecule has 4 bridgehead atoms. The number of amides is 1. The topological polar surface area (TPSA) is 46.3 Å². The van der Waals surface area contributed by atoms with Gasteiger partial charge >= 0.3 is 0 Å². The molecule has 0 aromatic heterocycles. The smallest absolute Gasteiger partial charge is 0.239 e. The average Bonchev–Trinajstić information content (AvgIpc) is 2.34. The Hall–Kier alpha value is -0.570. The maximum Gasteiger partial charge on any atom is 0.239 e. The normalized spacial score (nSPS) is 40.1. The Labute approximate surface area is 123 Å². The summed E-state index contributed by atoms with van der Waals surface area (Å²) >= 11 is 0. The summed E-state index contributed by atoms with van der Waals surface area (Å²) in [5.41, 5.74) is 6.46. The zero-order chi connectivity index (χ0) is 14.5. The van der Waals surface area contributed by atoms with Gasteiger partial charge in [-0.1, -0.05) is 13.8 Å². The number of carbonyl (C=O) groups is 1. The van der Waals surface area contributed by atoms with E-state index in [1.54, 1.807) is 0 Å². The second-order valence-electron chi connectivity index (χ2n) is 8.38. The Morgan fingerprint density at radius 2 is 1.60 bits per heavy atom. The van der Waals surface area contributed by atoms with E-state index in [-0.39, 0.29) is 17.9 Å². The van der Waals surface area contributed by atoms with E-state index in [4.69, 9.17) is 5.73 Å². The summed E-state index contributed by atoms with van der Waals surface area (Å²) in [4.78, 5) is 14.4. The second kappa shape index (κ2) is 5.01. The minimum atomic E-state index is -0.339. The third-order valence-corrected chi connectivity index (χ3v) is 6.12. The van der Waals surface area contributed by atoms with E-state index < -0.39 is 0 Å². The minimum absolute atomic E-state index is 0.135. The number of nitrogens with zero attached hydrogens (tertiary/aromatic N) is 1. The molecule has 0 aromatic carbocycles. The number of hydrogen-bond donors (Lipinski definition) is 1. The van der Waals surface area contributed by atoms with Crippen LogP contribution in [0.15, 0.2) is 0 Å². The van der Waals surface area contributed by atoms with Crippen LogP contribution in [0, 0.1) is 29.1 Å². The molecule has 114 valence electrons. The van der Waals surface area contributed by atoms with Gasteiger partial charge in [0.1, 0.15) is 0 Å². The molecular weight excluding hydrogens is 248 g/mol. The molecule has 4 fully saturated rings. The van der Waals surface area contributed by atoms with Crippen molar-refractivity contribution >= 4 is 5.91 Å². The first kappa shape index (κ1) is 14.4. The molecule has 3 nitrogen and oxygen atoms in total. The Balaban J connectivity index is 1.67. The maximum atomic E-state index is 12.4. The van der Waals surface area contributed by atoms with Crippen molar-refractivity contribution in [3.8, 4) is 0 Å². The van der Waals surface area contributed by atoms with E-state index in [0.29, 0.717) is 5.41 Å². The number of likely N-dealkylation sites (N-methyl/N-ethyl adjacent to an activating group) is 1. The Morgan fingerprint density at radius 3 is 2.00 bits per heavy atom. The van der Waals surface area contributed by atoms with Gasteiger partial charge in [-0.05, 0) is 67.6 Å². The van der Waals surface area contributed by atoms with Crippen LogP contribution in [-0.2, 0) is 4.79 Å². The third-order valence-electron chi connectivity index (χ3n) is 6.12. The summed E-state index contributed by atoms with van der Waals surface area (Å²) in [7, 11) is 1.96. The van der Waals surface area contributed by atoms with Crippen molar-refractivity contribution in [1.82, 2.24) is 4.90 Å². The minimum Gasteiger partial charge on any atom is -0.344 e. The first-order chi connectivity index (χ1) is 9.38. The molecule has 1 atom stereocenters. The maximum absolute atomic E-state index is 12.4. The summed E-state index contributed by atoms with van der Waals surface area (Å²) in [6.07, 6.45) is 8.45. The molecule has 2 N–H and O–H groups in total. The van der Waals surface area contributed by atoms with Gasteiger partial charge in [-0.2, -0.15) is 0 Å². The lowest BCUT2D eigenvalue weighted by atomic mass is 9.49. The molecule has 0 radical (unpaired) electrons. The molecule has 0 saturated heterocycles. The van der Waals surface area contributed by atoms with Crippen molar-refractivity contribution in [2.24, 2.45) is 34.8 Å². The fourth-order valence-corrected chi connectivity index (χ4v) is 5.60. The van der Waals surface area contributed by atoms with Gasteiger partial charge in [-0.15, -0.1) is 0 Å². The second-order valence-corrected chi connectivity index (χ2v) is 8.38. The number of nitrogens with two attached hydrogens (primary N) is 1. The predicted octanol–water partition coefficient (Wildman–Crippen LogP) is 2.64. The van der Waals surface area contributed by atoms with Gasteiger partial charge in [0, 0.05) is 13.6 Å². The van der Waals surface area contributed by atoms with Crippen LogP contribution in [-0.4, -0.2) is 30.4 Å². The lowest BCUT2D eigenvalue weighted by molar-refractivity contribution is -0.137. The highest BCUT2D eigenvalue weighted by Crippen LogP contribution is 2.60. The summed E-state index contributed by atoms with van der Waals surface area (Å²) in [6.45, 7) is 5.00. The molecule has 0 aromatic rings. The summed E-state index contributed by atoms with van der Waals surface area (Å²) in [5.74, 6) is 3.20. The third kappa shape index (κ3) is 2.49. The molecule has 0 spiro atoms. The standard InChI is InChI=1S/C17H30N2O/c1-11(2)15(18)16(20)19(3)10-17-7-12-4-13(8-17)6-14(5-12)9-17/h11-15H,4-10,18H2,1-3H3/t12?,13?,14?,15-,17?/m1/s1. The van der Waals surface area contributed by atoms with Crippen LogP contribution in [0.2, 0.25) is 0 Å². The van der Waals surface area contributed by atoms with E-state index in [0.717, 1.165) is 24.3 Å². The van der Waals surface area contributed by atoms with Crippen LogP contribution in [0.3, 0.4) is 0 Å². The highest BCUT2D eigenvalue weighted by molar-refractivity contribution is 5.81. The Bertz CT molecular complexity index is 355. The first-order valence-electron chi connectivity index (χ1n) is 8.39. The van der Waals surface area contributed by atoms with Gasteiger partial charge in [0.05, 0.1) is 6.04 Å². The molecule has 0 unspecified atom stereocenters. The SMILES string of the molecule is CC(C)[C@@H](N)C(=O)N(C)CC12CC3CC(CC(C3)C1)C2. The van der Waals surface area contributed by atoms with Crippen molar-refractivity contribution in [2.45, 2.75) is 58.4 Å². The van der Waals surface area contributed by atoms with Crippen molar-refractivity contribution in [2.75, 3.05) is 13.6 Å². The largest absolute Gasteiger partial charge is 0.344 e. The Kier molecular flexibility index (Phi) is 3.60. The monoisotopic (exact) mass is 278 g/mol. The highest BCUT2D eigenvalue weighted by atomic mass is 16.2. The van der Waals surface area contributed by atoms with Gasteiger partial charge in [0.2, 0.25) is 5.91 Å². The molecule has 0 aliphatic heterocycles. The van der Waals surface area contributed by atoms with Crippen molar-refractivity contribution in [3.05, 3.63) is 0 Å².